The molecule has 0 spiro atoms. The van der Waals surface area contributed by atoms with Crippen LogP contribution in [0.25, 0.3) is 10.9 Å². The molecule has 1 aliphatic rings. The van der Waals surface area contributed by atoms with Crippen molar-refractivity contribution in [2.24, 2.45) is 0 Å². The molecule has 2 N–H and O–H groups in total. The van der Waals surface area contributed by atoms with E-state index in [4.69, 9.17) is 39.8 Å². The third-order valence-electron chi connectivity index (χ3n) is 5.55. The standard InChI is InChI=1S/C22H23Cl3N4OS/c1-29(2)16-11-17(28-15-6-4-3-5-14(15)16)26-12-7-9-13(10-8-12)27-22(30)20-18(23)19(24)21(25)31-20/h3-6,11-13H,7-10H2,1-2H3,(H,26,28)(H,27,30)/t12-,13+. The number of rotatable bonds is 5. The minimum atomic E-state index is -0.216. The van der Waals surface area contributed by atoms with Gasteiger partial charge >= 0.3 is 0 Å². The van der Waals surface area contributed by atoms with Crippen LogP contribution in [0, 0.1) is 0 Å². The van der Waals surface area contributed by atoms with Crippen LogP contribution in [0.1, 0.15) is 35.4 Å². The molecule has 2 heterocycles. The number of nitrogens with one attached hydrogen (secondary N) is 2. The average molecular weight is 498 g/mol. The Bertz CT molecular complexity index is 1110. The minimum Gasteiger partial charge on any atom is -0.377 e. The molecule has 1 amide bonds. The van der Waals surface area contributed by atoms with Crippen LogP contribution in [0.3, 0.4) is 0 Å². The number of hydrogen-bond acceptors (Lipinski definition) is 5. The first-order valence-corrected chi connectivity index (χ1v) is 12.1. The molecule has 3 aromatic rings. The molecule has 2 aromatic heterocycles. The lowest BCUT2D eigenvalue weighted by Gasteiger charge is -2.30. The number of halogens is 3. The molecule has 0 bridgehead atoms. The summed E-state index contributed by atoms with van der Waals surface area (Å²) in [6.07, 6.45) is 3.64. The van der Waals surface area contributed by atoms with Crippen LogP contribution < -0.4 is 15.5 Å². The van der Waals surface area contributed by atoms with Crippen molar-refractivity contribution in [2.75, 3.05) is 24.3 Å². The van der Waals surface area contributed by atoms with Crippen molar-refractivity contribution in [3.8, 4) is 0 Å². The zero-order valence-electron chi connectivity index (χ0n) is 17.2. The number of carbonyl (C=O) groups excluding carboxylic acids is 1. The first kappa shape index (κ1) is 22.5. The fourth-order valence-electron chi connectivity index (χ4n) is 3.95. The van der Waals surface area contributed by atoms with E-state index in [2.05, 4.69) is 27.7 Å². The topological polar surface area (TPSA) is 57.3 Å². The zero-order valence-corrected chi connectivity index (χ0v) is 20.3. The highest BCUT2D eigenvalue weighted by Crippen LogP contribution is 2.40. The fourth-order valence-corrected chi connectivity index (χ4v) is 5.66. The number of fused-ring (bicyclic) bond motifs is 1. The molecule has 31 heavy (non-hydrogen) atoms. The number of thiophene rings is 1. The number of carbonyl (C=O) groups is 1. The van der Waals surface area contributed by atoms with Crippen LogP contribution in [0.4, 0.5) is 11.5 Å². The van der Waals surface area contributed by atoms with Crippen LogP contribution in [-0.2, 0) is 0 Å². The normalized spacial score (nSPS) is 18.7. The van der Waals surface area contributed by atoms with Crippen LogP contribution >= 0.6 is 46.1 Å². The van der Waals surface area contributed by atoms with Crippen LogP contribution in [0.2, 0.25) is 14.4 Å². The maximum absolute atomic E-state index is 12.6. The van der Waals surface area contributed by atoms with Gasteiger partial charge in [0, 0.05) is 43.3 Å². The molecule has 164 valence electrons. The van der Waals surface area contributed by atoms with Gasteiger partial charge in [0.25, 0.3) is 5.91 Å². The van der Waals surface area contributed by atoms with Gasteiger partial charge in [-0.2, -0.15) is 0 Å². The highest BCUT2D eigenvalue weighted by atomic mass is 35.5. The minimum absolute atomic E-state index is 0.100. The maximum atomic E-state index is 12.6. The van der Waals surface area contributed by atoms with Gasteiger partial charge in [0.15, 0.2) is 0 Å². The molecule has 0 aliphatic heterocycles. The van der Waals surface area contributed by atoms with E-state index in [1.165, 1.54) is 0 Å². The van der Waals surface area contributed by atoms with Gasteiger partial charge in [-0.25, -0.2) is 4.98 Å². The second kappa shape index (κ2) is 9.41. The van der Waals surface area contributed by atoms with Crippen molar-refractivity contribution < 1.29 is 4.79 Å². The molecule has 1 aromatic carbocycles. The third kappa shape index (κ3) is 4.87. The molecule has 0 atom stereocenters. The lowest BCUT2D eigenvalue weighted by Crippen LogP contribution is -2.40. The van der Waals surface area contributed by atoms with Gasteiger partial charge in [-0.1, -0.05) is 53.0 Å². The van der Waals surface area contributed by atoms with Gasteiger partial charge in [0.2, 0.25) is 0 Å². The van der Waals surface area contributed by atoms with Gasteiger partial charge in [-0.05, 0) is 31.7 Å². The van der Waals surface area contributed by atoms with Crippen molar-refractivity contribution in [1.29, 1.82) is 0 Å². The van der Waals surface area contributed by atoms with E-state index in [9.17, 15) is 4.79 Å². The molecule has 1 fully saturated rings. The Hall–Kier alpha value is -1.73. The van der Waals surface area contributed by atoms with Gasteiger partial charge in [-0.3, -0.25) is 4.79 Å². The average Bonchev–Trinajstić information content (AvgIpc) is 3.02. The predicted molar refractivity (Wildman–Crippen MR) is 133 cm³/mol. The summed E-state index contributed by atoms with van der Waals surface area (Å²) in [5, 5.41) is 8.26. The van der Waals surface area contributed by atoms with Crippen molar-refractivity contribution in [2.45, 2.75) is 37.8 Å². The number of hydrogen-bond donors (Lipinski definition) is 2. The van der Waals surface area contributed by atoms with Crippen molar-refractivity contribution >= 4 is 74.5 Å². The summed E-state index contributed by atoms with van der Waals surface area (Å²) >= 11 is 19.2. The van der Waals surface area contributed by atoms with Crippen LogP contribution in [0.15, 0.2) is 30.3 Å². The first-order valence-electron chi connectivity index (χ1n) is 10.1. The Kier molecular flexibility index (Phi) is 6.82. The number of para-hydroxylation sites is 1. The maximum Gasteiger partial charge on any atom is 0.263 e. The lowest BCUT2D eigenvalue weighted by atomic mass is 9.91. The van der Waals surface area contributed by atoms with Crippen LogP contribution in [-0.4, -0.2) is 37.1 Å². The third-order valence-corrected chi connectivity index (χ3v) is 8.12. The Morgan fingerprint density at radius 3 is 2.39 bits per heavy atom. The summed E-state index contributed by atoms with van der Waals surface area (Å²) in [7, 11) is 4.08. The number of benzene rings is 1. The Morgan fingerprint density at radius 1 is 1.06 bits per heavy atom. The van der Waals surface area contributed by atoms with E-state index in [-0.39, 0.29) is 22.0 Å². The quantitative estimate of drug-likeness (QED) is 0.424. The highest BCUT2D eigenvalue weighted by molar-refractivity contribution is 7.19. The lowest BCUT2D eigenvalue weighted by molar-refractivity contribution is 0.0931. The molecule has 0 radical (unpaired) electrons. The number of pyridine rings is 1. The molecule has 4 rings (SSSR count). The van der Waals surface area contributed by atoms with Crippen LogP contribution in [0.5, 0.6) is 0 Å². The summed E-state index contributed by atoms with van der Waals surface area (Å²) in [5.41, 5.74) is 2.11. The highest BCUT2D eigenvalue weighted by Gasteiger charge is 2.26. The second-order valence-electron chi connectivity index (χ2n) is 7.94. The van der Waals surface area contributed by atoms with Gasteiger partial charge < -0.3 is 15.5 Å². The van der Waals surface area contributed by atoms with Gasteiger partial charge in [0.1, 0.15) is 15.0 Å². The van der Waals surface area contributed by atoms with E-state index in [1.54, 1.807) is 0 Å². The summed E-state index contributed by atoms with van der Waals surface area (Å²) in [4.78, 5) is 19.8. The Labute approximate surface area is 200 Å². The van der Waals surface area contributed by atoms with Gasteiger partial charge in [-0.15, -0.1) is 11.3 Å². The molecule has 5 nitrogen and oxygen atoms in total. The van der Waals surface area contributed by atoms with E-state index >= 15 is 0 Å². The Morgan fingerprint density at radius 2 is 1.74 bits per heavy atom. The molecule has 9 heteroatoms. The molecule has 1 aliphatic carbocycles. The molecule has 0 saturated heterocycles. The summed E-state index contributed by atoms with van der Waals surface area (Å²) in [6.45, 7) is 0. The van der Waals surface area contributed by atoms with Crippen molar-refractivity contribution in [3.05, 3.63) is 49.6 Å². The monoisotopic (exact) mass is 496 g/mol. The fraction of sp³-hybridized carbons (Fsp3) is 0.364. The van der Waals surface area contributed by atoms with Crippen molar-refractivity contribution in [3.63, 3.8) is 0 Å². The van der Waals surface area contributed by atoms with Gasteiger partial charge in [0.05, 0.1) is 15.6 Å². The molecular weight excluding hydrogens is 475 g/mol. The summed E-state index contributed by atoms with van der Waals surface area (Å²) in [6, 6.07) is 10.7. The number of anilines is 2. The number of aromatic nitrogens is 1. The number of amides is 1. The predicted octanol–water partition coefficient (Wildman–Crippen LogP) is 6.48. The summed E-state index contributed by atoms with van der Waals surface area (Å²) in [5.74, 6) is 0.663. The van der Waals surface area contributed by atoms with E-state index in [0.29, 0.717) is 15.3 Å². The zero-order chi connectivity index (χ0) is 22.1. The molecular formula is C22H23Cl3N4OS. The Balaban J connectivity index is 1.38. The molecule has 0 unspecified atom stereocenters. The van der Waals surface area contributed by atoms with E-state index in [1.807, 2.05) is 32.3 Å². The largest absolute Gasteiger partial charge is 0.377 e. The first-order chi connectivity index (χ1) is 14.8. The summed E-state index contributed by atoms with van der Waals surface area (Å²) < 4.78 is 0.338. The molecule has 1 saturated carbocycles. The second-order valence-corrected chi connectivity index (χ2v) is 10.3. The van der Waals surface area contributed by atoms with E-state index in [0.717, 1.165) is 59.4 Å². The van der Waals surface area contributed by atoms with Crippen molar-refractivity contribution in [1.82, 2.24) is 10.3 Å². The SMILES string of the molecule is CN(C)c1cc(N[C@H]2CC[C@@H](NC(=O)c3sc(Cl)c(Cl)c3Cl)CC2)nc2ccccc12. The smallest absolute Gasteiger partial charge is 0.263 e. The number of nitrogens with zero attached hydrogens (tertiary/aromatic N) is 2. The van der Waals surface area contributed by atoms with E-state index < -0.39 is 0 Å².